The fourth-order valence-corrected chi connectivity index (χ4v) is 2.46. The molecule has 2 rings (SSSR count). The zero-order chi connectivity index (χ0) is 14.2. The Kier molecular flexibility index (Phi) is 3.75. The number of nitrogens with one attached hydrogen (secondary N) is 1. The molecule has 1 aromatic carbocycles. The lowest BCUT2D eigenvalue weighted by Crippen LogP contribution is -2.28. The zero-order valence-corrected chi connectivity index (χ0v) is 11.2. The minimum atomic E-state index is -1.45. The lowest BCUT2D eigenvalue weighted by atomic mass is 9.97. The van der Waals surface area contributed by atoms with Gasteiger partial charge in [-0.05, 0) is 5.41 Å². The van der Waals surface area contributed by atoms with Crippen LogP contribution >= 0.6 is 11.8 Å². The third kappa shape index (κ3) is 3.02. The summed E-state index contributed by atoms with van der Waals surface area (Å²) in [5, 5.41) is 2.57. The Labute approximate surface area is 112 Å². The first kappa shape index (κ1) is 14.2. The van der Waals surface area contributed by atoms with Crippen molar-refractivity contribution in [3.63, 3.8) is 0 Å². The van der Waals surface area contributed by atoms with Gasteiger partial charge in [-0.2, -0.15) is 0 Å². The van der Waals surface area contributed by atoms with Crippen molar-refractivity contribution in [1.82, 2.24) is 0 Å². The summed E-state index contributed by atoms with van der Waals surface area (Å²) in [5.41, 5.74) is -0.858. The Hall–Kier alpha value is -1.24. The van der Waals surface area contributed by atoms with E-state index in [1.807, 2.05) is 13.8 Å². The Morgan fingerprint density at radius 3 is 2.21 bits per heavy atom. The molecule has 0 bridgehead atoms. The summed E-state index contributed by atoms with van der Waals surface area (Å²) in [7, 11) is 0. The molecule has 1 N–H and O–H groups in total. The molecule has 0 aromatic heterocycles. The van der Waals surface area contributed by atoms with Crippen LogP contribution in [-0.2, 0) is 0 Å². The van der Waals surface area contributed by atoms with Gasteiger partial charge < -0.3 is 5.32 Å². The second kappa shape index (κ2) is 5.03. The quantitative estimate of drug-likeness (QED) is 0.629. The number of hydrogen-bond donors (Lipinski definition) is 1. The van der Waals surface area contributed by atoms with Gasteiger partial charge in [-0.15, -0.1) is 0 Å². The lowest BCUT2D eigenvalue weighted by molar-refractivity contribution is 0.437. The summed E-state index contributed by atoms with van der Waals surface area (Å²) in [5.74, 6) is -5.09. The van der Waals surface area contributed by atoms with Crippen molar-refractivity contribution in [1.29, 1.82) is 0 Å². The molecule has 0 amide bonds. The van der Waals surface area contributed by atoms with Gasteiger partial charge >= 0.3 is 0 Å². The number of aliphatic imine (C=N–C) groups is 1. The van der Waals surface area contributed by atoms with Gasteiger partial charge in [0.1, 0.15) is 5.69 Å². The summed E-state index contributed by atoms with van der Waals surface area (Å²) in [6, 6.07) is 0.175. The van der Waals surface area contributed by atoms with Gasteiger partial charge in [-0.1, -0.05) is 25.6 Å². The molecular weight excluding hydrogens is 280 g/mol. The van der Waals surface area contributed by atoms with Crippen molar-refractivity contribution in [2.24, 2.45) is 10.4 Å². The molecule has 19 heavy (non-hydrogen) atoms. The highest BCUT2D eigenvalue weighted by atomic mass is 32.2. The Morgan fingerprint density at radius 1 is 1.16 bits per heavy atom. The molecule has 1 aliphatic rings. The third-order valence-electron chi connectivity index (χ3n) is 2.59. The van der Waals surface area contributed by atoms with Crippen LogP contribution in [0.25, 0.3) is 0 Å². The first-order valence-corrected chi connectivity index (χ1v) is 6.56. The monoisotopic (exact) mass is 292 g/mol. The summed E-state index contributed by atoms with van der Waals surface area (Å²) in [6.45, 7) is 4.48. The number of thioether (sulfide) groups is 1. The van der Waals surface area contributed by atoms with Gasteiger partial charge in [0.2, 0.25) is 0 Å². The molecule has 0 aliphatic carbocycles. The maximum absolute atomic E-state index is 13.4. The van der Waals surface area contributed by atoms with Gasteiger partial charge in [-0.3, -0.25) is 4.99 Å². The van der Waals surface area contributed by atoms with Gasteiger partial charge in [-0.25, -0.2) is 17.6 Å². The van der Waals surface area contributed by atoms with Crippen LogP contribution in [0.1, 0.15) is 13.8 Å². The number of benzene rings is 1. The van der Waals surface area contributed by atoms with E-state index in [1.165, 1.54) is 11.8 Å². The SMILES string of the molecule is CC1(C)CN=C(Nc2c(F)c(F)cc(F)c2F)SC1. The molecule has 0 unspecified atom stereocenters. The van der Waals surface area contributed by atoms with Gasteiger partial charge in [0.25, 0.3) is 0 Å². The molecule has 0 saturated heterocycles. The summed E-state index contributed by atoms with van der Waals surface area (Å²) >= 11 is 1.25. The number of rotatable bonds is 1. The third-order valence-corrected chi connectivity index (χ3v) is 4.02. The Morgan fingerprint density at radius 2 is 1.74 bits per heavy atom. The van der Waals surface area contributed by atoms with E-state index < -0.39 is 29.0 Å². The Bertz CT molecular complexity index is 517. The van der Waals surface area contributed by atoms with Gasteiger partial charge in [0, 0.05) is 18.4 Å². The summed E-state index contributed by atoms with van der Waals surface area (Å²) in [4.78, 5) is 4.11. The van der Waals surface area contributed by atoms with Crippen molar-refractivity contribution in [3.8, 4) is 0 Å². The first-order chi connectivity index (χ1) is 8.80. The van der Waals surface area contributed by atoms with Crippen molar-refractivity contribution in [3.05, 3.63) is 29.3 Å². The maximum atomic E-state index is 13.4. The van der Waals surface area contributed by atoms with E-state index >= 15 is 0 Å². The van der Waals surface area contributed by atoms with Crippen LogP contribution in [0, 0.1) is 28.7 Å². The van der Waals surface area contributed by atoms with E-state index in [9.17, 15) is 17.6 Å². The second-order valence-electron chi connectivity index (χ2n) is 5.04. The smallest absolute Gasteiger partial charge is 0.185 e. The van der Waals surface area contributed by atoms with Crippen molar-refractivity contribution < 1.29 is 17.6 Å². The molecule has 0 atom stereocenters. The lowest BCUT2D eigenvalue weighted by Gasteiger charge is -2.27. The minimum Gasteiger partial charge on any atom is -0.330 e. The summed E-state index contributed by atoms with van der Waals surface area (Å²) in [6.07, 6.45) is 0. The van der Waals surface area contributed by atoms with Crippen LogP contribution in [0.4, 0.5) is 23.2 Å². The largest absolute Gasteiger partial charge is 0.330 e. The van der Waals surface area contributed by atoms with Crippen LogP contribution in [0.15, 0.2) is 11.1 Å². The van der Waals surface area contributed by atoms with Crippen molar-refractivity contribution >= 4 is 22.6 Å². The van der Waals surface area contributed by atoms with E-state index in [0.29, 0.717) is 12.3 Å². The molecule has 2 nitrogen and oxygen atoms in total. The number of halogens is 4. The topological polar surface area (TPSA) is 24.4 Å². The van der Waals surface area contributed by atoms with Crippen LogP contribution in [-0.4, -0.2) is 17.5 Å². The number of anilines is 1. The number of hydrogen-bond acceptors (Lipinski definition) is 3. The molecule has 1 aromatic rings. The standard InChI is InChI=1S/C12H12F4N2S/c1-12(2)4-17-11(19-5-12)18-10-8(15)6(13)3-7(14)9(10)16/h3H,4-5H2,1-2H3,(H,17,18). The molecule has 7 heteroatoms. The molecule has 104 valence electrons. The van der Waals surface area contributed by atoms with E-state index in [-0.39, 0.29) is 16.6 Å². The highest BCUT2D eigenvalue weighted by Crippen LogP contribution is 2.30. The average Bonchev–Trinajstić information content (AvgIpc) is 2.34. The van der Waals surface area contributed by atoms with E-state index in [4.69, 9.17) is 0 Å². The fourth-order valence-electron chi connectivity index (χ4n) is 1.51. The summed E-state index contributed by atoms with van der Waals surface area (Å²) < 4.78 is 52.9. The predicted octanol–water partition coefficient (Wildman–Crippen LogP) is 3.78. The first-order valence-electron chi connectivity index (χ1n) is 5.57. The molecule has 0 radical (unpaired) electrons. The van der Waals surface area contributed by atoms with E-state index in [1.54, 1.807) is 0 Å². The van der Waals surface area contributed by atoms with Crippen LogP contribution in [0.5, 0.6) is 0 Å². The normalized spacial score (nSPS) is 18.1. The molecular formula is C12H12F4N2S. The second-order valence-corrected chi connectivity index (χ2v) is 6.01. The van der Waals surface area contributed by atoms with Crippen molar-refractivity contribution in [2.75, 3.05) is 17.6 Å². The molecule has 1 heterocycles. The highest BCUT2D eigenvalue weighted by molar-refractivity contribution is 8.14. The van der Waals surface area contributed by atoms with Crippen LogP contribution in [0.2, 0.25) is 0 Å². The van der Waals surface area contributed by atoms with E-state index in [0.717, 1.165) is 0 Å². The number of amidine groups is 1. The average molecular weight is 292 g/mol. The zero-order valence-electron chi connectivity index (χ0n) is 10.4. The minimum absolute atomic E-state index is 0.0138. The molecule has 0 fully saturated rings. The van der Waals surface area contributed by atoms with Crippen molar-refractivity contribution in [2.45, 2.75) is 13.8 Å². The molecule has 0 spiro atoms. The predicted molar refractivity (Wildman–Crippen MR) is 68.4 cm³/mol. The number of nitrogens with zero attached hydrogens (tertiary/aromatic N) is 1. The van der Waals surface area contributed by atoms with Gasteiger partial charge in [0.15, 0.2) is 28.4 Å². The molecule has 0 saturated carbocycles. The van der Waals surface area contributed by atoms with Crippen LogP contribution in [0.3, 0.4) is 0 Å². The molecule has 1 aliphatic heterocycles. The van der Waals surface area contributed by atoms with Gasteiger partial charge in [0.05, 0.1) is 0 Å². The maximum Gasteiger partial charge on any atom is 0.185 e. The van der Waals surface area contributed by atoms with Crippen LogP contribution < -0.4 is 5.32 Å². The van der Waals surface area contributed by atoms with E-state index in [2.05, 4.69) is 10.3 Å². The highest BCUT2D eigenvalue weighted by Gasteiger charge is 2.26. The Balaban J connectivity index is 2.28. The fraction of sp³-hybridized carbons (Fsp3) is 0.417.